The molecular formula is C24H28N4O3S2. The molecule has 2 fully saturated rings. The van der Waals surface area contributed by atoms with Crippen molar-refractivity contribution in [1.82, 2.24) is 9.88 Å². The molecule has 0 spiro atoms. The number of hydrogen-bond acceptors (Lipinski definition) is 6. The standard InChI is InChI=1S/C24H26N4O3S2.H2/c29-23-22(27-14-10-19(11-15-27)18-4-2-1-3-5-18)12-16-28(23)20-6-8-21(9-7-20)33(30,31)26-24-25-13-17-32-24;/h1-9,13,17,19,22H,10-12,14-16H2,(H,25,26);1H/t22-;/m0./s1. The lowest BCUT2D eigenvalue weighted by atomic mass is 9.89. The maximum atomic E-state index is 13.2. The van der Waals surface area contributed by atoms with Gasteiger partial charge in [0.1, 0.15) is 0 Å². The van der Waals surface area contributed by atoms with Crippen LogP contribution >= 0.6 is 11.3 Å². The molecule has 1 atom stereocenters. The molecule has 0 unspecified atom stereocenters. The van der Waals surface area contributed by atoms with Gasteiger partial charge in [0.2, 0.25) is 5.91 Å². The van der Waals surface area contributed by atoms with Crippen molar-refractivity contribution < 1.29 is 14.6 Å². The van der Waals surface area contributed by atoms with Gasteiger partial charge in [-0.3, -0.25) is 14.4 Å². The Balaban J connectivity index is 0.00000274. The molecule has 3 aromatic rings. The maximum absolute atomic E-state index is 13.2. The second kappa shape index (κ2) is 9.24. The largest absolute Gasteiger partial charge is 0.311 e. The highest BCUT2D eigenvalue weighted by molar-refractivity contribution is 7.93. The SMILES string of the molecule is O=C1[C@@H](N2CCC(c3ccccc3)CC2)CCN1c1ccc(S(=O)(=O)Nc2nccs2)cc1.[HH]. The Labute approximate surface area is 199 Å². The molecule has 0 saturated carbocycles. The number of thiazole rings is 1. The zero-order valence-corrected chi connectivity index (χ0v) is 19.8. The van der Waals surface area contributed by atoms with Crippen LogP contribution in [0.2, 0.25) is 0 Å². The number of aromatic nitrogens is 1. The monoisotopic (exact) mass is 484 g/mol. The van der Waals surface area contributed by atoms with Gasteiger partial charge < -0.3 is 4.90 Å². The third kappa shape index (κ3) is 4.66. The van der Waals surface area contributed by atoms with Gasteiger partial charge in [-0.15, -0.1) is 11.3 Å². The summed E-state index contributed by atoms with van der Waals surface area (Å²) >= 11 is 1.22. The molecule has 7 nitrogen and oxygen atoms in total. The first-order valence-electron chi connectivity index (χ1n) is 11.1. The quantitative estimate of drug-likeness (QED) is 0.568. The number of benzene rings is 2. The van der Waals surface area contributed by atoms with Crippen molar-refractivity contribution in [2.24, 2.45) is 0 Å². The summed E-state index contributed by atoms with van der Waals surface area (Å²) in [6.07, 6.45) is 4.46. The molecule has 2 aromatic carbocycles. The van der Waals surface area contributed by atoms with Crippen LogP contribution in [0.1, 0.15) is 32.2 Å². The first-order valence-corrected chi connectivity index (χ1v) is 13.5. The molecule has 0 radical (unpaired) electrons. The van der Waals surface area contributed by atoms with Gasteiger partial charge >= 0.3 is 0 Å². The van der Waals surface area contributed by atoms with Gasteiger partial charge in [0.25, 0.3) is 10.0 Å². The third-order valence-electron chi connectivity index (χ3n) is 6.53. The van der Waals surface area contributed by atoms with E-state index in [-0.39, 0.29) is 18.3 Å². The number of rotatable bonds is 6. The minimum absolute atomic E-state index is 0. The molecule has 1 aromatic heterocycles. The van der Waals surface area contributed by atoms with E-state index < -0.39 is 10.0 Å². The predicted molar refractivity (Wildman–Crippen MR) is 132 cm³/mol. The predicted octanol–water partition coefficient (Wildman–Crippen LogP) is 4.17. The molecule has 2 saturated heterocycles. The van der Waals surface area contributed by atoms with E-state index in [0.717, 1.165) is 38.0 Å². The summed E-state index contributed by atoms with van der Waals surface area (Å²) in [4.78, 5) is 21.4. The molecule has 33 heavy (non-hydrogen) atoms. The molecule has 1 amide bonds. The summed E-state index contributed by atoms with van der Waals surface area (Å²) in [7, 11) is -3.71. The second-order valence-electron chi connectivity index (χ2n) is 8.45. The zero-order chi connectivity index (χ0) is 22.8. The highest BCUT2D eigenvalue weighted by atomic mass is 32.2. The summed E-state index contributed by atoms with van der Waals surface area (Å²) in [6.45, 7) is 2.48. The van der Waals surface area contributed by atoms with Crippen molar-refractivity contribution in [3.8, 4) is 0 Å². The van der Waals surface area contributed by atoms with E-state index >= 15 is 0 Å². The summed E-state index contributed by atoms with van der Waals surface area (Å²) in [5.74, 6) is 0.659. The smallest absolute Gasteiger partial charge is 0.263 e. The topological polar surface area (TPSA) is 82.6 Å². The van der Waals surface area contributed by atoms with Crippen LogP contribution in [-0.4, -0.2) is 49.9 Å². The van der Waals surface area contributed by atoms with Gasteiger partial charge in [-0.25, -0.2) is 13.4 Å². The number of piperidine rings is 1. The number of carbonyl (C=O) groups is 1. The van der Waals surface area contributed by atoms with Gasteiger partial charge in [0.05, 0.1) is 10.9 Å². The fourth-order valence-electron chi connectivity index (χ4n) is 4.78. The van der Waals surface area contributed by atoms with E-state index in [1.54, 1.807) is 28.6 Å². The number of amides is 1. The third-order valence-corrected chi connectivity index (χ3v) is 8.70. The fourth-order valence-corrected chi connectivity index (χ4v) is 6.57. The molecule has 174 valence electrons. The van der Waals surface area contributed by atoms with Crippen molar-refractivity contribution in [1.29, 1.82) is 0 Å². The molecule has 2 aliphatic heterocycles. The van der Waals surface area contributed by atoms with Crippen LogP contribution in [0, 0.1) is 0 Å². The number of anilines is 2. The average Bonchev–Trinajstić information content (AvgIpc) is 3.49. The van der Waals surface area contributed by atoms with Gasteiger partial charge in [0.15, 0.2) is 5.13 Å². The van der Waals surface area contributed by atoms with Crippen LogP contribution in [0.5, 0.6) is 0 Å². The van der Waals surface area contributed by atoms with E-state index in [4.69, 9.17) is 0 Å². The molecule has 9 heteroatoms. The van der Waals surface area contributed by atoms with Crippen LogP contribution in [-0.2, 0) is 14.8 Å². The first-order chi connectivity index (χ1) is 16.0. The fraction of sp³-hybridized carbons (Fsp3) is 0.333. The van der Waals surface area contributed by atoms with Crippen LogP contribution in [0.25, 0.3) is 0 Å². The minimum Gasteiger partial charge on any atom is -0.311 e. The van der Waals surface area contributed by atoms with E-state index in [1.807, 2.05) is 6.07 Å². The highest BCUT2D eigenvalue weighted by Crippen LogP contribution is 2.32. The lowest BCUT2D eigenvalue weighted by Gasteiger charge is -2.35. The molecule has 3 heterocycles. The van der Waals surface area contributed by atoms with Crippen LogP contribution in [0.4, 0.5) is 10.8 Å². The number of hydrogen-bond donors (Lipinski definition) is 1. The van der Waals surface area contributed by atoms with Crippen molar-refractivity contribution in [2.75, 3.05) is 29.3 Å². The van der Waals surface area contributed by atoms with Crippen molar-refractivity contribution in [3.63, 3.8) is 0 Å². The van der Waals surface area contributed by atoms with Crippen LogP contribution < -0.4 is 9.62 Å². The minimum atomic E-state index is -3.71. The van der Waals surface area contributed by atoms with Crippen molar-refractivity contribution >= 4 is 38.1 Å². The molecule has 2 aliphatic rings. The molecule has 0 bridgehead atoms. The number of nitrogens with zero attached hydrogens (tertiary/aromatic N) is 3. The average molecular weight is 485 g/mol. The summed E-state index contributed by atoms with van der Waals surface area (Å²) in [5.41, 5.74) is 2.12. The van der Waals surface area contributed by atoms with Gasteiger partial charge in [0, 0.05) is 25.2 Å². The van der Waals surface area contributed by atoms with E-state index in [2.05, 4.69) is 38.9 Å². The normalized spacial score (nSPS) is 20.3. The van der Waals surface area contributed by atoms with E-state index in [9.17, 15) is 13.2 Å². The highest BCUT2D eigenvalue weighted by Gasteiger charge is 2.38. The summed E-state index contributed by atoms with van der Waals surface area (Å²) in [6, 6.07) is 17.0. The molecular weight excluding hydrogens is 456 g/mol. The van der Waals surface area contributed by atoms with Gasteiger partial charge in [-0.2, -0.15) is 0 Å². The Morgan fingerprint density at radius 3 is 2.36 bits per heavy atom. The Morgan fingerprint density at radius 2 is 1.70 bits per heavy atom. The van der Waals surface area contributed by atoms with E-state index in [1.165, 1.54) is 29.0 Å². The summed E-state index contributed by atoms with van der Waals surface area (Å²) in [5, 5.41) is 2.04. The number of sulfonamides is 1. The first kappa shape index (κ1) is 22.1. The Kier molecular flexibility index (Phi) is 6.18. The summed E-state index contributed by atoms with van der Waals surface area (Å²) < 4.78 is 27.6. The van der Waals surface area contributed by atoms with Crippen LogP contribution in [0.3, 0.4) is 0 Å². The molecule has 0 aliphatic carbocycles. The lowest BCUT2D eigenvalue weighted by Crippen LogP contribution is -2.45. The molecule has 5 rings (SSSR count). The lowest BCUT2D eigenvalue weighted by molar-refractivity contribution is -0.122. The van der Waals surface area contributed by atoms with Gasteiger partial charge in [-0.1, -0.05) is 30.3 Å². The second-order valence-corrected chi connectivity index (χ2v) is 11.0. The van der Waals surface area contributed by atoms with Crippen molar-refractivity contribution in [2.45, 2.75) is 36.1 Å². The number of nitrogens with one attached hydrogen (secondary N) is 1. The zero-order valence-electron chi connectivity index (χ0n) is 18.1. The number of likely N-dealkylation sites (tertiary alicyclic amines) is 1. The molecule has 1 N–H and O–H groups in total. The van der Waals surface area contributed by atoms with E-state index in [0.29, 0.717) is 17.6 Å². The van der Waals surface area contributed by atoms with Gasteiger partial charge in [-0.05, 0) is 68.1 Å². The Hall–Kier alpha value is -2.75. The van der Waals surface area contributed by atoms with Crippen molar-refractivity contribution in [3.05, 3.63) is 71.7 Å². The number of carbonyl (C=O) groups excluding carboxylic acids is 1. The Morgan fingerprint density at radius 1 is 0.970 bits per heavy atom. The Bertz CT molecular complexity index is 1200. The maximum Gasteiger partial charge on any atom is 0.263 e. The van der Waals surface area contributed by atoms with Crippen LogP contribution in [0.15, 0.2) is 71.1 Å².